The van der Waals surface area contributed by atoms with Crippen LogP contribution in [0.25, 0.3) is 0 Å². The lowest BCUT2D eigenvalue weighted by atomic mass is 10.1. The van der Waals surface area contributed by atoms with E-state index in [2.05, 4.69) is 0 Å². The lowest BCUT2D eigenvalue weighted by Gasteiger charge is -2.17. The molecule has 3 N–H and O–H groups in total. The van der Waals surface area contributed by atoms with Gasteiger partial charge in [0.1, 0.15) is 5.75 Å². The number of hydrogen-bond acceptors (Lipinski definition) is 3. The van der Waals surface area contributed by atoms with Crippen LogP contribution in [-0.4, -0.2) is 24.1 Å². The van der Waals surface area contributed by atoms with Crippen LogP contribution in [0.15, 0.2) is 18.2 Å². The van der Waals surface area contributed by atoms with E-state index in [1.165, 1.54) is 0 Å². The minimum atomic E-state index is 0.0416. The Balaban J connectivity index is 2.31. The molecule has 80 valence electrons. The molecule has 1 aromatic rings. The number of anilines is 1. The zero-order valence-corrected chi connectivity index (χ0v) is 8.44. The number of aromatic hydroxyl groups is 1. The maximum atomic E-state index is 11.7. The predicted molar refractivity (Wildman–Crippen MR) is 57.8 cm³/mol. The molecule has 4 heteroatoms. The Kier molecular flexibility index (Phi) is 2.60. The first-order valence-corrected chi connectivity index (χ1v) is 5.05. The van der Waals surface area contributed by atoms with Crippen LogP contribution in [0.5, 0.6) is 5.75 Å². The first-order chi connectivity index (χ1) is 7.24. The van der Waals surface area contributed by atoms with Crippen LogP contribution >= 0.6 is 0 Å². The van der Waals surface area contributed by atoms with Crippen molar-refractivity contribution in [2.24, 2.45) is 5.73 Å². The van der Waals surface area contributed by atoms with Crippen LogP contribution < -0.4 is 10.6 Å². The van der Waals surface area contributed by atoms with Crippen LogP contribution in [-0.2, 0) is 11.2 Å². The number of carbonyl (C=O) groups is 1. The first kappa shape index (κ1) is 9.98. The predicted octanol–water partition coefficient (Wildman–Crippen LogP) is 0.630. The van der Waals surface area contributed by atoms with Crippen molar-refractivity contribution in [2.45, 2.75) is 12.8 Å². The molecule has 1 amide bonds. The minimum absolute atomic E-state index is 0.0416. The maximum Gasteiger partial charge on any atom is 0.231 e. The van der Waals surface area contributed by atoms with Gasteiger partial charge in [0.2, 0.25) is 5.91 Å². The second kappa shape index (κ2) is 3.90. The Labute approximate surface area is 88.3 Å². The third-order valence-electron chi connectivity index (χ3n) is 2.60. The summed E-state index contributed by atoms with van der Waals surface area (Å²) in [7, 11) is 0. The fourth-order valence-corrected chi connectivity index (χ4v) is 1.90. The van der Waals surface area contributed by atoms with Gasteiger partial charge in [-0.15, -0.1) is 0 Å². The summed E-state index contributed by atoms with van der Waals surface area (Å²) < 4.78 is 0. The molecule has 0 fully saturated rings. The topological polar surface area (TPSA) is 66.6 Å². The highest BCUT2D eigenvalue weighted by atomic mass is 16.3. The smallest absolute Gasteiger partial charge is 0.231 e. The molecular weight excluding hydrogens is 192 g/mol. The van der Waals surface area contributed by atoms with Crippen LogP contribution in [0.2, 0.25) is 0 Å². The summed E-state index contributed by atoms with van der Waals surface area (Å²) in [6, 6.07) is 5.23. The number of benzene rings is 1. The maximum absolute atomic E-state index is 11.7. The fraction of sp³-hybridized carbons (Fsp3) is 0.364. The summed E-state index contributed by atoms with van der Waals surface area (Å²) in [5, 5.41) is 9.69. The normalized spacial score (nSPS) is 14.5. The molecule has 0 aromatic heterocycles. The highest BCUT2D eigenvalue weighted by Gasteiger charge is 2.28. The third-order valence-corrected chi connectivity index (χ3v) is 2.60. The summed E-state index contributed by atoms with van der Waals surface area (Å²) in [5.74, 6) is 0.218. The average molecular weight is 206 g/mol. The monoisotopic (exact) mass is 206 g/mol. The Morgan fingerprint density at radius 2 is 2.27 bits per heavy atom. The second-order valence-corrected chi connectivity index (χ2v) is 3.65. The van der Waals surface area contributed by atoms with Gasteiger partial charge in [-0.2, -0.15) is 0 Å². The number of carbonyl (C=O) groups excluding carboxylic acids is 1. The van der Waals surface area contributed by atoms with Gasteiger partial charge < -0.3 is 15.7 Å². The Morgan fingerprint density at radius 1 is 1.47 bits per heavy atom. The molecule has 0 radical (unpaired) electrons. The van der Waals surface area contributed by atoms with Gasteiger partial charge >= 0.3 is 0 Å². The Bertz CT molecular complexity index is 390. The van der Waals surface area contributed by atoms with Crippen molar-refractivity contribution in [3.05, 3.63) is 23.8 Å². The van der Waals surface area contributed by atoms with E-state index in [4.69, 9.17) is 5.73 Å². The number of rotatable bonds is 3. The van der Waals surface area contributed by atoms with Gasteiger partial charge in [0.25, 0.3) is 0 Å². The van der Waals surface area contributed by atoms with Crippen molar-refractivity contribution in [1.82, 2.24) is 0 Å². The highest BCUT2D eigenvalue weighted by molar-refractivity contribution is 6.03. The summed E-state index contributed by atoms with van der Waals surface area (Å²) >= 11 is 0. The van der Waals surface area contributed by atoms with Crippen molar-refractivity contribution < 1.29 is 9.90 Å². The third kappa shape index (κ3) is 1.68. The number of nitrogens with zero attached hydrogens (tertiary/aromatic N) is 1. The number of para-hydroxylation sites is 1. The largest absolute Gasteiger partial charge is 0.506 e. The molecule has 0 unspecified atom stereocenters. The zero-order chi connectivity index (χ0) is 10.8. The summed E-state index contributed by atoms with van der Waals surface area (Å²) in [4.78, 5) is 13.3. The van der Waals surface area contributed by atoms with Crippen molar-refractivity contribution in [3.8, 4) is 5.75 Å². The van der Waals surface area contributed by atoms with Gasteiger partial charge in [0, 0.05) is 6.54 Å². The standard InChI is InChI=1S/C11H14N2O2/c12-5-2-6-13-10(15)7-8-3-1-4-9(14)11(8)13/h1,3-4,14H,2,5-7,12H2. The van der Waals surface area contributed by atoms with Gasteiger partial charge in [-0.05, 0) is 24.6 Å². The molecule has 1 aromatic carbocycles. The number of phenolic OH excluding ortho intramolecular Hbond substituents is 1. The molecule has 0 atom stereocenters. The van der Waals surface area contributed by atoms with Gasteiger partial charge in [0.05, 0.1) is 12.1 Å². The lowest BCUT2D eigenvalue weighted by Crippen LogP contribution is -2.29. The molecule has 0 saturated carbocycles. The molecule has 2 rings (SSSR count). The van der Waals surface area contributed by atoms with Crippen molar-refractivity contribution in [3.63, 3.8) is 0 Å². The molecule has 0 saturated heterocycles. The van der Waals surface area contributed by atoms with E-state index in [1.807, 2.05) is 6.07 Å². The number of hydrogen-bond donors (Lipinski definition) is 2. The Morgan fingerprint density at radius 3 is 3.00 bits per heavy atom. The van der Waals surface area contributed by atoms with E-state index < -0.39 is 0 Å². The van der Waals surface area contributed by atoms with Crippen molar-refractivity contribution in [2.75, 3.05) is 18.0 Å². The highest BCUT2D eigenvalue weighted by Crippen LogP contribution is 2.36. The van der Waals surface area contributed by atoms with Gasteiger partial charge in [-0.25, -0.2) is 0 Å². The van der Waals surface area contributed by atoms with E-state index in [0.717, 1.165) is 12.0 Å². The van der Waals surface area contributed by atoms with Crippen molar-refractivity contribution >= 4 is 11.6 Å². The van der Waals surface area contributed by atoms with E-state index >= 15 is 0 Å². The van der Waals surface area contributed by atoms with Gasteiger partial charge in [-0.1, -0.05) is 12.1 Å². The number of amides is 1. The van der Waals surface area contributed by atoms with Crippen LogP contribution in [0.1, 0.15) is 12.0 Å². The minimum Gasteiger partial charge on any atom is -0.506 e. The van der Waals surface area contributed by atoms with E-state index in [9.17, 15) is 9.90 Å². The molecule has 0 bridgehead atoms. The van der Waals surface area contributed by atoms with E-state index in [0.29, 0.717) is 25.2 Å². The summed E-state index contributed by atoms with van der Waals surface area (Å²) in [6.07, 6.45) is 1.13. The molecule has 0 aliphatic carbocycles. The summed E-state index contributed by atoms with van der Waals surface area (Å²) in [5.41, 5.74) is 6.97. The quantitative estimate of drug-likeness (QED) is 0.762. The Hall–Kier alpha value is -1.55. The van der Waals surface area contributed by atoms with Crippen LogP contribution in [0.3, 0.4) is 0 Å². The molecular formula is C11H14N2O2. The SMILES string of the molecule is NCCCN1C(=O)Cc2cccc(O)c21. The number of phenols is 1. The molecule has 1 aliphatic rings. The molecule has 15 heavy (non-hydrogen) atoms. The molecule has 1 aliphatic heterocycles. The van der Waals surface area contributed by atoms with Gasteiger partial charge in [-0.3, -0.25) is 4.79 Å². The lowest BCUT2D eigenvalue weighted by molar-refractivity contribution is -0.117. The number of nitrogens with two attached hydrogens (primary N) is 1. The first-order valence-electron chi connectivity index (χ1n) is 5.05. The zero-order valence-electron chi connectivity index (χ0n) is 8.44. The van der Waals surface area contributed by atoms with E-state index in [-0.39, 0.29) is 11.7 Å². The van der Waals surface area contributed by atoms with Crippen LogP contribution in [0, 0.1) is 0 Å². The summed E-state index contributed by atoms with van der Waals surface area (Å²) in [6.45, 7) is 1.13. The van der Waals surface area contributed by atoms with E-state index in [1.54, 1.807) is 17.0 Å². The molecule has 4 nitrogen and oxygen atoms in total. The average Bonchev–Trinajstić information content (AvgIpc) is 2.53. The van der Waals surface area contributed by atoms with Crippen molar-refractivity contribution in [1.29, 1.82) is 0 Å². The van der Waals surface area contributed by atoms with Crippen LogP contribution in [0.4, 0.5) is 5.69 Å². The second-order valence-electron chi connectivity index (χ2n) is 3.65. The molecule has 1 heterocycles. The van der Waals surface area contributed by atoms with Gasteiger partial charge in [0.15, 0.2) is 0 Å². The number of fused-ring (bicyclic) bond motifs is 1. The molecule has 0 spiro atoms. The fourth-order valence-electron chi connectivity index (χ4n) is 1.90.